The number of carbonyl (C=O) groups is 6. The molecule has 0 aliphatic carbocycles. The summed E-state index contributed by atoms with van der Waals surface area (Å²) >= 11 is 0. The summed E-state index contributed by atoms with van der Waals surface area (Å²) < 4.78 is 31.5. The van der Waals surface area contributed by atoms with Gasteiger partial charge in [-0.25, -0.2) is 0 Å². The molecular formula is C39H69AlO15. The van der Waals surface area contributed by atoms with Crippen molar-refractivity contribution in [1.29, 1.82) is 0 Å². The monoisotopic (exact) mass is 804 g/mol. The van der Waals surface area contributed by atoms with E-state index in [4.69, 9.17) is 28.4 Å². The first-order valence-corrected chi connectivity index (χ1v) is 18.9. The molecule has 0 aromatic heterocycles. The van der Waals surface area contributed by atoms with E-state index in [-0.39, 0.29) is 93.1 Å². The van der Waals surface area contributed by atoms with Crippen LogP contribution in [0.1, 0.15) is 142 Å². The summed E-state index contributed by atoms with van der Waals surface area (Å²) in [5.41, 5.74) is -5.67. The van der Waals surface area contributed by atoms with Crippen LogP contribution >= 0.6 is 0 Å². The van der Waals surface area contributed by atoms with Gasteiger partial charge in [0.05, 0.1) is 54.5 Å². The number of aliphatic carboxylic acids is 3. The minimum absolute atomic E-state index is 0. The fourth-order valence-electron chi connectivity index (χ4n) is 4.92. The Labute approximate surface area is 340 Å². The molecule has 0 saturated carbocycles. The van der Waals surface area contributed by atoms with Gasteiger partial charge in [0.1, 0.15) is 19.8 Å². The minimum atomic E-state index is -1.89. The normalized spacial score (nSPS) is 14.6. The zero-order valence-corrected chi connectivity index (χ0v) is 37.2. The Morgan fingerprint density at radius 3 is 0.691 bits per heavy atom. The van der Waals surface area contributed by atoms with E-state index in [2.05, 4.69) is 0 Å². The quantitative estimate of drug-likeness (QED) is 0.0851. The van der Waals surface area contributed by atoms with Crippen LogP contribution in [0.3, 0.4) is 0 Å². The maximum absolute atomic E-state index is 12.1. The van der Waals surface area contributed by atoms with Crippen molar-refractivity contribution >= 4 is 52.6 Å². The number of rotatable bonds is 27. The standard InChI is InChI=1S/3C13H24O5.Al/c3*1-6-7-13(12(15)16,18-10(4)5)11(14)8-17-9(2)3;/h3*9-10H,6-8H2,1-5H3,(H,15,16);/q;;;+3/p-3. The molecule has 0 saturated heterocycles. The van der Waals surface area contributed by atoms with Crippen molar-refractivity contribution in [3.63, 3.8) is 0 Å². The number of Topliss-reactive ketones (excluding diaryl/α,β-unsaturated/α-hetero) is 3. The number of carboxylic acids is 3. The van der Waals surface area contributed by atoms with Gasteiger partial charge >= 0.3 is 17.4 Å². The molecule has 0 fully saturated rings. The van der Waals surface area contributed by atoms with Crippen LogP contribution in [0, 0.1) is 0 Å². The first kappa shape index (κ1) is 59.4. The van der Waals surface area contributed by atoms with E-state index in [1.165, 1.54) is 0 Å². The number of ether oxygens (including phenoxy) is 6. The third-order valence-electron chi connectivity index (χ3n) is 7.10. The Bertz CT molecular complexity index is 1000. The van der Waals surface area contributed by atoms with Crippen LogP contribution in [-0.2, 0) is 57.2 Å². The van der Waals surface area contributed by atoms with Crippen LogP contribution in [-0.4, -0.2) is 126 Å². The van der Waals surface area contributed by atoms with Crippen LogP contribution in [0.2, 0.25) is 0 Å². The van der Waals surface area contributed by atoms with Crippen molar-refractivity contribution in [1.82, 2.24) is 0 Å². The summed E-state index contributed by atoms with van der Waals surface area (Å²) in [6.07, 6.45) is 0.232. The van der Waals surface area contributed by atoms with Crippen molar-refractivity contribution in [2.75, 3.05) is 19.8 Å². The Hall–Kier alpha value is -2.29. The molecule has 3 atom stereocenters. The summed E-state index contributed by atoms with van der Waals surface area (Å²) in [6.45, 7) is 25.3. The molecule has 0 heterocycles. The van der Waals surface area contributed by atoms with E-state index < -0.39 is 52.1 Å². The third-order valence-corrected chi connectivity index (χ3v) is 7.10. The van der Waals surface area contributed by atoms with Crippen LogP contribution < -0.4 is 15.3 Å². The van der Waals surface area contributed by atoms with E-state index in [0.717, 1.165) is 0 Å². The molecule has 0 bridgehead atoms. The molecule has 0 aliphatic rings. The van der Waals surface area contributed by atoms with Gasteiger partial charge in [0, 0.05) is 0 Å². The molecule has 0 rings (SSSR count). The summed E-state index contributed by atoms with van der Waals surface area (Å²) in [5, 5.41) is 34.0. The van der Waals surface area contributed by atoms with Gasteiger partial charge in [-0.15, -0.1) is 0 Å². The van der Waals surface area contributed by atoms with Crippen molar-refractivity contribution in [2.24, 2.45) is 0 Å². The van der Waals surface area contributed by atoms with Gasteiger partial charge in [0.25, 0.3) is 0 Å². The Kier molecular flexibility index (Phi) is 32.3. The van der Waals surface area contributed by atoms with E-state index in [1.807, 2.05) is 0 Å². The fourth-order valence-corrected chi connectivity index (χ4v) is 4.92. The second-order valence-corrected chi connectivity index (χ2v) is 14.4. The van der Waals surface area contributed by atoms with Crippen LogP contribution in [0.25, 0.3) is 0 Å². The van der Waals surface area contributed by atoms with Gasteiger partial charge in [-0.05, 0) is 102 Å². The van der Waals surface area contributed by atoms with Gasteiger partial charge in [0.15, 0.2) is 34.2 Å². The van der Waals surface area contributed by atoms with Crippen LogP contribution in [0.5, 0.6) is 0 Å². The summed E-state index contributed by atoms with van der Waals surface area (Å²) in [6, 6.07) is 0. The van der Waals surface area contributed by atoms with E-state index >= 15 is 0 Å². The summed E-state index contributed by atoms with van der Waals surface area (Å²) in [5.74, 6) is -6.24. The Morgan fingerprint density at radius 2 is 0.582 bits per heavy atom. The van der Waals surface area contributed by atoms with Crippen LogP contribution in [0.4, 0.5) is 0 Å². The molecule has 0 aromatic rings. The second kappa shape index (κ2) is 29.9. The number of ketones is 3. The summed E-state index contributed by atoms with van der Waals surface area (Å²) in [4.78, 5) is 70.2. The molecule has 0 N–H and O–H groups in total. The average Bonchev–Trinajstić information content (AvgIpc) is 3.03. The van der Waals surface area contributed by atoms with E-state index in [9.17, 15) is 44.1 Å². The van der Waals surface area contributed by atoms with Gasteiger partial charge in [-0.2, -0.15) is 0 Å². The number of hydrogen-bond donors (Lipinski definition) is 0. The second-order valence-electron chi connectivity index (χ2n) is 14.4. The average molecular weight is 805 g/mol. The Morgan fingerprint density at radius 1 is 0.400 bits per heavy atom. The van der Waals surface area contributed by atoms with Crippen LogP contribution in [0.15, 0.2) is 0 Å². The largest absolute Gasteiger partial charge is 3.00 e. The molecule has 0 radical (unpaired) electrons. The zero-order chi connectivity index (χ0) is 43.0. The van der Waals surface area contributed by atoms with E-state index in [1.54, 1.807) is 104 Å². The van der Waals surface area contributed by atoms with Gasteiger partial charge < -0.3 is 58.1 Å². The first-order chi connectivity index (χ1) is 24.8. The molecule has 55 heavy (non-hydrogen) atoms. The van der Waals surface area contributed by atoms with Crippen molar-refractivity contribution < 1.29 is 72.5 Å². The molecule has 0 spiro atoms. The van der Waals surface area contributed by atoms with Crippen molar-refractivity contribution in [3.8, 4) is 0 Å². The third kappa shape index (κ3) is 22.3. The number of carboxylic acid groups (broad SMARTS) is 3. The number of hydrogen-bond acceptors (Lipinski definition) is 15. The maximum Gasteiger partial charge on any atom is 3.00 e. The zero-order valence-electron chi connectivity index (χ0n) is 36.0. The molecule has 3 unspecified atom stereocenters. The topological polar surface area (TPSA) is 227 Å². The van der Waals surface area contributed by atoms with Crippen molar-refractivity contribution in [3.05, 3.63) is 0 Å². The van der Waals surface area contributed by atoms with Gasteiger partial charge in [-0.3, -0.25) is 14.4 Å². The van der Waals surface area contributed by atoms with Crippen molar-refractivity contribution in [2.45, 2.75) is 196 Å². The molecule has 0 aromatic carbocycles. The molecule has 0 aliphatic heterocycles. The van der Waals surface area contributed by atoms with Gasteiger partial charge in [0.2, 0.25) is 0 Å². The minimum Gasteiger partial charge on any atom is -0.546 e. The maximum atomic E-state index is 12.1. The fraction of sp³-hybridized carbons (Fsp3) is 0.846. The smallest absolute Gasteiger partial charge is 0.546 e. The number of carbonyl (C=O) groups excluding carboxylic acids is 6. The van der Waals surface area contributed by atoms with E-state index in [0.29, 0.717) is 19.3 Å². The summed E-state index contributed by atoms with van der Waals surface area (Å²) in [7, 11) is 0. The molecule has 318 valence electrons. The Balaban J connectivity index is -0.000000351. The molecule has 0 amide bonds. The SMILES string of the molecule is CCCC(OC(C)C)(C(=O)[O-])C(=O)COC(C)C.CCCC(OC(C)C)(C(=O)[O-])C(=O)COC(C)C.CCCC(OC(C)C)(C(=O)[O-])C(=O)COC(C)C.[Al+3]. The molecular weight excluding hydrogens is 735 g/mol. The molecule has 15 nitrogen and oxygen atoms in total. The predicted molar refractivity (Wildman–Crippen MR) is 201 cm³/mol. The predicted octanol–water partition coefficient (Wildman–Crippen LogP) is 1.70. The first-order valence-electron chi connectivity index (χ1n) is 18.9. The van der Waals surface area contributed by atoms with Gasteiger partial charge in [-0.1, -0.05) is 40.0 Å². The molecule has 16 heteroatoms.